The second-order valence-corrected chi connectivity index (χ2v) is 8.74. The fourth-order valence-corrected chi connectivity index (χ4v) is 5.30. The smallest absolute Gasteiger partial charge is 0.184 e. The summed E-state index contributed by atoms with van der Waals surface area (Å²) in [5.74, 6) is 2.39. The molecule has 2 aliphatic carbocycles. The first-order valence-corrected chi connectivity index (χ1v) is 11.4. The minimum absolute atomic E-state index is 0.206. The van der Waals surface area contributed by atoms with E-state index in [9.17, 15) is 4.39 Å². The Kier molecular flexibility index (Phi) is 8.02. The van der Waals surface area contributed by atoms with E-state index in [0.717, 1.165) is 36.2 Å². The van der Waals surface area contributed by atoms with Crippen LogP contribution in [-0.4, -0.2) is 6.61 Å². The number of hydrogen-bond donors (Lipinski definition) is 0. The number of allylic oxidation sites excluding steroid dienone is 4. The Hall–Kier alpha value is -1.28. The summed E-state index contributed by atoms with van der Waals surface area (Å²) in [6.07, 6.45) is 18.2. The third-order valence-electron chi connectivity index (χ3n) is 6.68. The molecule has 2 aliphatic rings. The van der Waals surface area contributed by atoms with Crippen LogP contribution < -0.4 is 4.74 Å². The zero-order valence-electron chi connectivity index (χ0n) is 17.4. The van der Waals surface area contributed by atoms with Gasteiger partial charge in [-0.15, -0.1) is 0 Å². The summed E-state index contributed by atoms with van der Waals surface area (Å²) < 4.78 is 19.7. The molecule has 154 valence electrons. The van der Waals surface area contributed by atoms with Crippen molar-refractivity contribution >= 4 is 17.2 Å². The molecule has 0 aromatic heterocycles. The van der Waals surface area contributed by atoms with Crippen LogP contribution in [0.5, 0.6) is 5.75 Å². The predicted octanol–water partition coefficient (Wildman–Crippen LogP) is 8.22. The lowest BCUT2D eigenvalue weighted by molar-refractivity contribution is 0.190. The van der Waals surface area contributed by atoms with E-state index < -0.39 is 5.82 Å². The highest BCUT2D eigenvalue weighted by atomic mass is 35.5. The topological polar surface area (TPSA) is 9.23 Å². The van der Waals surface area contributed by atoms with E-state index in [-0.39, 0.29) is 10.8 Å². The van der Waals surface area contributed by atoms with E-state index in [4.69, 9.17) is 16.3 Å². The summed E-state index contributed by atoms with van der Waals surface area (Å²) in [5.41, 5.74) is 2.04. The van der Waals surface area contributed by atoms with Crippen LogP contribution in [0.25, 0.3) is 5.57 Å². The minimum Gasteiger partial charge on any atom is -0.491 e. The molecular weight excluding hydrogens is 371 g/mol. The molecule has 1 unspecified atom stereocenters. The third-order valence-corrected chi connectivity index (χ3v) is 7.05. The van der Waals surface area contributed by atoms with Gasteiger partial charge in [0.05, 0.1) is 11.6 Å². The van der Waals surface area contributed by atoms with Crippen LogP contribution >= 0.6 is 11.6 Å². The first-order chi connectivity index (χ1) is 13.6. The summed E-state index contributed by atoms with van der Waals surface area (Å²) in [5, 5.41) is 0.206. The van der Waals surface area contributed by atoms with E-state index in [2.05, 4.69) is 25.2 Å². The van der Waals surface area contributed by atoms with Crippen molar-refractivity contribution in [3.63, 3.8) is 0 Å². The maximum absolute atomic E-state index is 14.4. The van der Waals surface area contributed by atoms with Gasteiger partial charge in [0.1, 0.15) is 0 Å². The molecule has 0 N–H and O–H groups in total. The molecule has 0 saturated heterocycles. The quantitative estimate of drug-likeness (QED) is 0.416. The van der Waals surface area contributed by atoms with Gasteiger partial charge in [0.2, 0.25) is 0 Å². The average Bonchev–Trinajstić information content (AvgIpc) is 2.73. The fraction of sp³-hybridized carbons (Fsp3) is 0.600. The van der Waals surface area contributed by atoms with Crippen molar-refractivity contribution in [2.45, 2.75) is 71.6 Å². The summed E-state index contributed by atoms with van der Waals surface area (Å²) in [6.45, 7) is 4.39. The SMILES string of the molecule is CC=CCCC1CCC(C2CC=C(c3ccc(OCC)c(F)c3Cl)CC2)CC1. The normalized spacial score (nSPS) is 25.7. The average molecular weight is 405 g/mol. The molecule has 28 heavy (non-hydrogen) atoms. The number of halogens is 2. The van der Waals surface area contributed by atoms with Gasteiger partial charge >= 0.3 is 0 Å². The van der Waals surface area contributed by atoms with E-state index in [1.54, 1.807) is 6.07 Å². The molecule has 0 aliphatic heterocycles. The molecule has 1 atom stereocenters. The van der Waals surface area contributed by atoms with Gasteiger partial charge in [-0.3, -0.25) is 0 Å². The van der Waals surface area contributed by atoms with Gasteiger partial charge < -0.3 is 4.74 Å². The Morgan fingerprint density at radius 2 is 1.93 bits per heavy atom. The van der Waals surface area contributed by atoms with Crippen LogP contribution in [0.15, 0.2) is 30.4 Å². The molecule has 0 amide bonds. The highest BCUT2D eigenvalue weighted by Crippen LogP contribution is 2.43. The summed E-state index contributed by atoms with van der Waals surface area (Å²) >= 11 is 6.32. The Balaban J connectivity index is 1.56. The lowest BCUT2D eigenvalue weighted by Gasteiger charge is -2.35. The van der Waals surface area contributed by atoms with Gasteiger partial charge in [-0.1, -0.05) is 42.7 Å². The standard InChI is InChI=1S/C25H34ClFO/c1-3-5-6-7-18-8-10-19(11-9-18)20-12-14-21(15-13-20)22-16-17-23(28-4-2)25(27)24(22)26/h3,5,14,16-20H,4,6-13,15H2,1-2H3. The monoisotopic (exact) mass is 404 g/mol. The van der Waals surface area contributed by atoms with Crippen molar-refractivity contribution in [3.8, 4) is 5.75 Å². The van der Waals surface area contributed by atoms with Crippen LogP contribution in [0.2, 0.25) is 5.02 Å². The van der Waals surface area contributed by atoms with Crippen LogP contribution in [0.4, 0.5) is 4.39 Å². The molecule has 0 heterocycles. The molecule has 1 fully saturated rings. The predicted molar refractivity (Wildman–Crippen MR) is 117 cm³/mol. The first kappa shape index (κ1) is 21.4. The largest absolute Gasteiger partial charge is 0.491 e. The van der Waals surface area contributed by atoms with Crippen LogP contribution in [0, 0.1) is 23.6 Å². The number of ether oxygens (including phenoxy) is 1. The van der Waals surface area contributed by atoms with Gasteiger partial charge in [-0.2, -0.15) is 0 Å². The summed E-state index contributed by atoms with van der Waals surface area (Å²) in [4.78, 5) is 0. The van der Waals surface area contributed by atoms with E-state index >= 15 is 0 Å². The van der Waals surface area contributed by atoms with Crippen molar-refractivity contribution in [1.82, 2.24) is 0 Å². The van der Waals surface area contributed by atoms with Crippen LogP contribution in [0.3, 0.4) is 0 Å². The number of benzene rings is 1. The molecule has 3 heteroatoms. The molecular formula is C25H34ClFO. The van der Waals surface area contributed by atoms with Crippen LogP contribution in [0.1, 0.15) is 77.2 Å². The second-order valence-electron chi connectivity index (χ2n) is 8.36. The van der Waals surface area contributed by atoms with Crippen molar-refractivity contribution in [3.05, 3.63) is 46.8 Å². The molecule has 1 aromatic carbocycles. The highest BCUT2D eigenvalue weighted by Gasteiger charge is 2.29. The lowest BCUT2D eigenvalue weighted by Crippen LogP contribution is -2.23. The molecule has 3 rings (SSSR count). The molecule has 0 bridgehead atoms. The van der Waals surface area contributed by atoms with Crippen molar-refractivity contribution < 1.29 is 9.13 Å². The Morgan fingerprint density at radius 3 is 2.57 bits per heavy atom. The van der Waals surface area contributed by atoms with Crippen molar-refractivity contribution in [1.29, 1.82) is 0 Å². The summed E-state index contributed by atoms with van der Waals surface area (Å²) in [7, 11) is 0. The van der Waals surface area contributed by atoms with E-state index in [1.165, 1.54) is 50.5 Å². The third kappa shape index (κ3) is 5.20. The van der Waals surface area contributed by atoms with Crippen molar-refractivity contribution in [2.75, 3.05) is 6.61 Å². The molecule has 0 spiro atoms. The minimum atomic E-state index is -0.430. The van der Waals surface area contributed by atoms with E-state index in [0.29, 0.717) is 6.61 Å². The molecule has 0 radical (unpaired) electrons. The number of rotatable bonds is 7. The van der Waals surface area contributed by atoms with Crippen LogP contribution in [-0.2, 0) is 0 Å². The van der Waals surface area contributed by atoms with Gasteiger partial charge in [0.25, 0.3) is 0 Å². The van der Waals surface area contributed by atoms with Gasteiger partial charge in [-0.25, -0.2) is 4.39 Å². The lowest BCUT2D eigenvalue weighted by atomic mass is 9.70. The zero-order chi connectivity index (χ0) is 19.9. The Morgan fingerprint density at radius 1 is 1.14 bits per heavy atom. The molecule has 1 nitrogen and oxygen atoms in total. The highest BCUT2D eigenvalue weighted by molar-refractivity contribution is 6.32. The molecule has 1 saturated carbocycles. The second kappa shape index (κ2) is 10.5. The zero-order valence-corrected chi connectivity index (χ0v) is 18.1. The molecule has 1 aromatic rings. The van der Waals surface area contributed by atoms with Crippen molar-refractivity contribution in [2.24, 2.45) is 17.8 Å². The van der Waals surface area contributed by atoms with E-state index in [1.807, 2.05) is 13.0 Å². The maximum atomic E-state index is 14.4. The first-order valence-electron chi connectivity index (χ1n) is 11.0. The summed E-state index contributed by atoms with van der Waals surface area (Å²) in [6, 6.07) is 3.63. The Bertz CT molecular complexity index is 701. The van der Waals surface area contributed by atoms with Gasteiger partial charge in [0.15, 0.2) is 11.6 Å². The fourth-order valence-electron chi connectivity index (χ4n) is 5.02. The van der Waals surface area contributed by atoms with Gasteiger partial charge in [0, 0.05) is 0 Å². The Labute approximate surface area is 175 Å². The van der Waals surface area contributed by atoms with Gasteiger partial charge in [-0.05, 0) is 99.8 Å². The number of hydrogen-bond acceptors (Lipinski definition) is 1. The maximum Gasteiger partial charge on any atom is 0.184 e.